The lowest BCUT2D eigenvalue weighted by atomic mass is 9.95. The van der Waals surface area contributed by atoms with Gasteiger partial charge in [-0.25, -0.2) is 0 Å². The topological polar surface area (TPSA) is 65.5 Å². The van der Waals surface area contributed by atoms with E-state index in [4.69, 9.17) is 0 Å². The van der Waals surface area contributed by atoms with Gasteiger partial charge in [-0.3, -0.25) is 9.79 Å². The number of carbonyl (C=O) groups is 1. The minimum absolute atomic E-state index is 0.0480. The average molecular weight is 345 g/mol. The van der Waals surface area contributed by atoms with E-state index in [-0.39, 0.29) is 18.5 Å². The summed E-state index contributed by atoms with van der Waals surface area (Å²) >= 11 is 0. The zero-order valence-corrected chi connectivity index (χ0v) is 15.6. The van der Waals surface area contributed by atoms with Crippen molar-refractivity contribution in [3.63, 3.8) is 0 Å². The molecule has 1 saturated carbocycles. The molecular formula is C20H32N4O. The number of guanidine groups is 1. The standard InChI is InChI=1S/C20H32N4O/c1-16(13-14-17-9-5-3-6-10-17)23-20(21-2)22-15-19(25)24-18-11-7-4-8-12-18/h3,5-6,9-10,16,18H,4,7-8,11-15H2,1-2H3,(H,24,25)(H2,21,22,23). The van der Waals surface area contributed by atoms with E-state index in [9.17, 15) is 4.79 Å². The fraction of sp³-hybridized carbons (Fsp3) is 0.600. The Morgan fingerprint density at radius 1 is 1.20 bits per heavy atom. The van der Waals surface area contributed by atoms with Crippen LogP contribution in [0, 0.1) is 0 Å². The highest BCUT2D eigenvalue weighted by Crippen LogP contribution is 2.17. The van der Waals surface area contributed by atoms with Crippen molar-refractivity contribution in [1.82, 2.24) is 16.0 Å². The van der Waals surface area contributed by atoms with Crippen molar-refractivity contribution in [2.75, 3.05) is 13.6 Å². The lowest BCUT2D eigenvalue weighted by molar-refractivity contribution is -0.120. The third kappa shape index (κ3) is 7.59. The smallest absolute Gasteiger partial charge is 0.239 e. The van der Waals surface area contributed by atoms with Crippen molar-refractivity contribution in [2.45, 2.75) is 64.0 Å². The van der Waals surface area contributed by atoms with E-state index >= 15 is 0 Å². The minimum atomic E-state index is 0.0480. The van der Waals surface area contributed by atoms with Gasteiger partial charge in [0.2, 0.25) is 5.91 Å². The summed E-state index contributed by atoms with van der Waals surface area (Å²) in [6, 6.07) is 11.1. The first-order valence-electron chi connectivity index (χ1n) is 9.48. The fourth-order valence-electron chi connectivity index (χ4n) is 3.22. The van der Waals surface area contributed by atoms with Gasteiger partial charge < -0.3 is 16.0 Å². The average Bonchev–Trinajstić information content (AvgIpc) is 2.65. The highest BCUT2D eigenvalue weighted by atomic mass is 16.2. The summed E-state index contributed by atoms with van der Waals surface area (Å²) in [4.78, 5) is 16.3. The molecule has 0 radical (unpaired) electrons. The van der Waals surface area contributed by atoms with Gasteiger partial charge in [0.15, 0.2) is 5.96 Å². The number of aliphatic imine (C=N–C) groups is 1. The maximum Gasteiger partial charge on any atom is 0.239 e. The molecule has 138 valence electrons. The quantitative estimate of drug-likeness (QED) is 0.526. The number of hydrogen-bond donors (Lipinski definition) is 3. The first kappa shape index (κ1) is 19.3. The zero-order chi connectivity index (χ0) is 17.9. The summed E-state index contributed by atoms with van der Waals surface area (Å²) in [6.45, 7) is 2.40. The lowest BCUT2D eigenvalue weighted by Crippen LogP contribution is -2.48. The molecule has 5 nitrogen and oxygen atoms in total. The molecule has 0 saturated heterocycles. The number of nitrogens with one attached hydrogen (secondary N) is 3. The molecule has 1 unspecified atom stereocenters. The molecular weight excluding hydrogens is 312 g/mol. The summed E-state index contributed by atoms with van der Waals surface area (Å²) in [5, 5.41) is 9.58. The van der Waals surface area contributed by atoms with Crippen LogP contribution in [0.25, 0.3) is 0 Å². The van der Waals surface area contributed by atoms with E-state index in [0.717, 1.165) is 25.7 Å². The maximum absolute atomic E-state index is 12.1. The summed E-state index contributed by atoms with van der Waals surface area (Å²) in [5.74, 6) is 0.728. The van der Waals surface area contributed by atoms with Gasteiger partial charge in [-0.1, -0.05) is 49.6 Å². The van der Waals surface area contributed by atoms with Crippen LogP contribution in [0.1, 0.15) is 51.0 Å². The third-order valence-electron chi connectivity index (χ3n) is 4.70. The first-order chi connectivity index (χ1) is 12.2. The van der Waals surface area contributed by atoms with Crippen molar-refractivity contribution < 1.29 is 4.79 Å². The molecule has 1 aliphatic rings. The van der Waals surface area contributed by atoms with Crippen LogP contribution in [0.2, 0.25) is 0 Å². The normalized spacial score (nSPS) is 17.0. The molecule has 0 aromatic heterocycles. The predicted octanol–water partition coefficient (Wildman–Crippen LogP) is 2.62. The predicted molar refractivity (Wildman–Crippen MR) is 104 cm³/mol. The first-order valence-corrected chi connectivity index (χ1v) is 9.48. The zero-order valence-electron chi connectivity index (χ0n) is 15.6. The van der Waals surface area contributed by atoms with Gasteiger partial charge in [0, 0.05) is 19.1 Å². The third-order valence-corrected chi connectivity index (χ3v) is 4.70. The van der Waals surface area contributed by atoms with Gasteiger partial charge in [-0.05, 0) is 38.2 Å². The van der Waals surface area contributed by atoms with Crippen molar-refractivity contribution in [3.8, 4) is 0 Å². The Balaban J connectivity index is 1.66. The van der Waals surface area contributed by atoms with E-state index in [0.29, 0.717) is 12.0 Å². The largest absolute Gasteiger partial charge is 0.354 e. The maximum atomic E-state index is 12.1. The van der Waals surface area contributed by atoms with Crippen LogP contribution < -0.4 is 16.0 Å². The fourth-order valence-corrected chi connectivity index (χ4v) is 3.22. The van der Waals surface area contributed by atoms with Crippen molar-refractivity contribution in [2.24, 2.45) is 4.99 Å². The molecule has 1 aromatic rings. The van der Waals surface area contributed by atoms with Crippen LogP contribution in [-0.2, 0) is 11.2 Å². The van der Waals surface area contributed by atoms with E-state index in [1.54, 1.807) is 7.05 Å². The highest BCUT2D eigenvalue weighted by Gasteiger charge is 2.15. The molecule has 25 heavy (non-hydrogen) atoms. The molecule has 0 heterocycles. The molecule has 0 aliphatic heterocycles. The molecule has 1 fully saturated rings. The minimum Gasteiger partial charge on any atom is -0.354 e. The monoisotopic (exact) mass is 344 g/mol. The van der Waals surface area contributed by atoms with Gasteiger partial charge in [0.1, 0.15) is 0 Å². The molecule has 3 N–H and O–H groups in total. The van der Waals surface area contributed by atoms with Gasteiger partial charge >= 0.3 is 0 Å². The Labute approximate surface area is 151 Å². The lowest BCUT2D eigenvalue weighted by Gasteiger charge is -2.23. The summed E-state index contributed by atoms with van der Waals surface area (Å²) < 4.78 is 0. The number of benzene rings is 1. The Kier molecular flexibility index (Phi) is 8.29. The summed E-state index contributed by atoms with van der Waals surface area (Å²) in [7, 11) is 1.73. The molecule has 1 atom stereocenters. The Morgan fingerprint density at radius 2 is 1.92 bits per heavy atom. The summed E-state index contributed by atoms with van der Waals surface area (Å²) in [6.07, 6.45) is 7.99. The van der Waals surface area contributed by atoms with Crippen LogP contribution in [0.5, 0.6) is 0 Å². The number of aryl methyl sites for hydroxylation is 1. The van der Waals surface area contributed by atoms with Gasteiger partial charge in [-0.2, -0.15) is 0 Å². The molecule has 0 bridgehead atoms. The van der Waals surface area contributed by atoms with Crippen molar-refractivity contribution in [3.05, 3.63) is 35.9 Å². The number of carbonyl (C=O) groups excluding carboxylic acids is 1. The van der Waals surface area contributed by atoms with Crippen molar-refractivity contribution >= 4 is 11.9 Å². The molecule has 5 heteroatoms. The number of amides is 1. The number of rotatable bonds is 7. The second-order valence-electron chi connectivity index (χ2n) is 6.90. The van der Waals surface area contributed by atoms with Crippen LogP contribution in [-0.4, -0.2) is 37.5 Å². The van der Waals surface area contributed by atoms with E-state index < -0.39 is 0 Å². The molecule has 0 spiro atoms. The van der Waals surface area contributed by atoms with Crippen molar-refractivity contribution in [1.29, 1.82) is 0 Å². The summed E-state index contributed by atoms with van der Waals surface area (Å²) in [5.41, 5.74) is 1.34. The van der Waals surface area contributed by atoms with Gasteiger partial charge in [0.05, 0.1) is 6.54 Å². The Bertz CT molecular complexity index is 538. The van der Waals surface area contributed by atoms with Crippen LogP contribution in [0.4, 0.5) is 0 Å². The van der Waals surface area contributed by atoms with Gasteiger partial charge in [-0.15, -0.1) is 0 Å². The molecule has 1 amide bonds. The van der Waals surface area contributed by atoms with E-state index in [1.807, 2.05) is 6.07 Å². The van der Waals surface area contributed by atoms with E-state index in [2.05, 4.69) is 52.1 Å². The Hall–Kier alpha value is -2.04. The van der Waals surface area contributed by atoms with Crippen LogP contribution in [0.15, 0.2) is 35.3 Å². The van der Waals surface area contributed by atoms with E-state index in [1.165, 1.54) is 24.8 Å². The highest BCUT2D eigenvalue weighted by molar-refractivity contribution is 5.86. The van der Waals surface area contributed by atoms with Gasteiger partial charge in [0.25, 0.3) is 0 Å². The molecule has 1 aromatic carbocycles. The SMILES string of the molecule is CN=C(NCC(=O)NC1CCCCC1)NC(C)CCc1ccccc1. The number of nitrogens with zero attached hydrogens (tertiary/aromatic N) is 1. The molecule has 2 rings (SSSR count). The second-order valence-corrected chi connectivity index (χ2v) is 6.90. The number of hydrogen-bond acceptors (Lipinski definition) is 2. The Morgan fingerprint density at radius 3 is 2.60 bits per heavy atom. The second kappa shape index (κ2) is 10.7. The van der Waals surface area contributed by atoms with Crippen LogP contribution in [0.3, 0.4) is 0 Å². The van der Waals surface area contributed by atoms with Crippen LogP contribution >= 0.6 is 0 Å². The molecule has 1 aliphatic carbocycles.